The molecule has 1 atom stereocenters. The molecule has 0 amide bonds. The molecule has 7 heteroatoms. The average molecular weight is 247 g/mol. The smallest absolute Gasteiger partial charge is 0.262 e. The fourth-order valence-corrected chi connectivity index (χ4v) is 1.88. The molecular formula is C9H10FNO4S. The third-order valence-electron chi connectivity index (χ3n) is 1.85. The van der Waals surface area contributed by atoms with Gasteiger partial charge in [-0.15, -0.1) is 4.91 Å². The summed E-state index contributed by atoms with van der Waals surface area (Å²) in [4.78, 5) is 10.4. The standard InChI is InChI=1S/C9H10FNO4S/c1-6(15-16(2,13)14)8-5-7(10)3-4-9(8)11-12/h3-6H,1-2H3. The minimum absolute atomic E-state index is 0.0439. The van der Waals surface area contributed by atoms with E-state index in [1.165, 1.54) is 13.0 Å². The summed E-state index contributed by atoms with van der Waals surface area (Å²) in [5.41, 5.74) is 0.0537. The van der Waals surface area contributed by atoms with Gasteiger partial charge in [0.25, 0.3) is 10.1 Å². The molecule has 0 saturated heterocycles. The number of hydrogen-bond acceptors (Lipinski definition) is 5. The quantitative estimate of drug-likeness (QED) is 0.604. The Kier molecular flexibility index (Phi) is 3.71. The third kappa shape index (κ3) is 3.35. The lowest BCUT2D eigenvalue weighted by molar-refractivity contribution is 0.236. The zero-order valence-electron chi connectivity index (χ0n) is 8.68. The van der Waals surface area contributed by atoms with Gasteiger partial charge in [0.05, 0.1) is 6.26 Å². The molecule has 0 heterocycles. The molecule has 0 N–H and O–H groups in total. The SMILES string of the molecule is CC(OS(C)(=O)=O)c1cc(F)ccc1N=O. The van der Waals surface area contributed by atoms with E-state index >= 15 is 0 Å². The summed E-state index contributed by atoms with van der Waals surface area (Å²) in [6, 6.07) is 3.25. The first-order valence-corrected chi connectivity index (χ1v) is 6.16. The molecule has 88 valence electrons. The van der Waals surface area contributed by atoms with Crippen LogP contribution in [0, 0.1) is 10.7 Å². The van der Waals surface area contributed by atoms with Crippen molar-refractivity contribution in [2.75, 3.05) is 6.26 Å². The molecule has 16 heavy (non-hydrogen) atoms. The molecule has 0 aromatic heterocycles. The van der Waals surface area contributed by atoms with Crippen LogP contribution in [0.2, 0.25) is 0 Å². The summed E-state index contributed by atoms with van der Waals surface area (Å²) in [6.45, 7) is 1.39. The molecule has 0 saturated carbocycles. The second-order valence-electron chi connectivity index (χ2n) is 3.24. The summed E-state index contributed by atoms with van der Waals surface area (Å²) in [5, 5.41) is 2.67. The van der Waals surface area contributed by atoms with Crippen LogP contribution >= 0.6 is 0 Å². The number of rotatable bonds is 4. The van der Waals surface area contributed by atoms with Gasteiger partial charge >= 0.3 is 0 Å². The fraction of sp³-hybridized carbons (Fsp3) is 0.333. The van der Waals surface area contributed by atoms with Crippen LogP contribution in [0.25, 0.3) is 0 Å². The Labute approximate surface area is 92.3 Å². The molecule has 1 rings (SSSR count). The Morgan fingerprint density at radius 1 is 1.44 bits per heavy atom. The largest absolute Gasteiger partial charge is 0.264 e. The highest BCUT2D eigenvalue weighted by molar-refractivity contribution is 7.86. The Bertz CT molecular complexity index is 500. The Morgan fingerprint density at radius 2 is 2.06 bits per heavy atom. The van der Waals surface area contributed by atoms with E-state index in [1.54, 1.807) is 0 Å². The van der Waals surface area contributed by atoms with Gasteiger partial charge in [0, 0.05) is 5.56 Å². The van der Waals surface area contributed by atoms with Crippen LogP contribution in [0.3, 0.4) is 0 Å². The second kappa shape index (κ2) is 4.67. The average Bonchev–Trinajstić information content (AvgIpc) is 2.15. The van der Waals surface area contributed by atoms with Gasteiger partial charge in [-0.25, -0.2) is 4.39 Å². The normalized spacial score (nSPS) is 13.4. The first kappa shape index (κ1) is 12.7. The maximum absolute atomic E-state index is 12.9. The van der Waals surface area contributed by atoms with Crippen LogP contribution in [-0.2, 0) is 14.3 Å². The van der Waals surface area contributed by atoms with Crippen molar-refractivity contribution in [1.29, 1.82) is 0 Å². The van der Waals surface area contributed by atoms with E-state index < -0.39 is 22.0 Å². The first-order valence-electron chi connectivity index (χ1n) is 4.34. The fourth-order valence-electron chi connectivity index (χ4n) is 1.25. The van der Waals surface area contributed by atoms with Crippen molar-refractivity contribution in [2.45, 2.75) is 13.0 Å². The van der Waals surface area contributed by atoms with Crippen molar-refractivity contribution in [2.24, 2.45) is 5.18 Å². The van der Waals surface area contributed by atoms with Crippen LogP contribution in [0.15, 0.2) is 23.4 Å². The lowest BCUT2D eigenvalue weighted by atomic mass is 10.1. The van der Waals surface area contributed by atoms with Crippen LogP contribution in [0.5, 0.6) is 0 Å². The molecule has 0 aliphatic rings. The maximum atomic E-state index is 12.9. The number of nitroso groups, excluding NO2 is 1. The van der Waals surface area contributed by atoms with Crippen LogP contribution < -0.4 is 0 Å². The van der Waals surface area contributed by atoms with E-state index in [0.717, 1.165) is 18.4 Å². The Balaban J connectivity index is 3.11. The van der Waals surface area contributed by atoms with Crippen molar-refractivity contribution in [1.82, 2.24) is 0 Å². The third-order valence-corrected chi connectivity index (χ3v) is 2.48. The van der Waals surface area contributed by atoms with Gasteiger partial charge in [0.1, 0.15) is 17.6 Å². The molecule has 0 fully saturated rings. The highest BCUT2D eigenvalue weighted by Crippen LogP contribution is 2.29. The predicted molar refractivity (Wildman–Crippen MR) is 56.2 cm³/mol. The van der Waals surface area contributed by atoms with Gasteiger partial charge in [-0.3, -0.25) is 4.18 Å². The molecule has 0 bridgehead atoms. The minimum Gasteiger partial charge on any atom is -0.262 e. The van der Waals surface area contributed by atoms with E-state index in [2.05, 4.69) is 9.36 Å². The van der Waals surface area contributed by atoms with E-state index in [0.29, 0.717) is 0 Å². The van der Waals surface area contributed by atoms with E-state index in [4.69, 9.17) is 0 Å². The summed E-state index contributed by atoms with van der Waals surface area (Å²) >= 11 is 0. The van der Waals surface area contributed by atoms with Gasteiger partial charge in [-0.2, -0.15) is 8.42 Å². The lowest BCUT2D eigenvalue weighted by Crippen LogP contribution is -2.07. The number of nitrogens with zero attached hydrogens (tertiary/aromatic N) is 1. The number of halogens is 1. The zero-order chi connectivity index (χ0) is 12.3. The molecule has 5 nitrogen and oxygen atoms in total. The molecular weight excluding hydrogens is 237 g/mol. The molecule has 0 radical (unpaired) electrons. The Hall–Kier alpha value is -1.34. The van der Waals surface area contributed by atoms with Crippen molar-refractivity contribution >= 4 is 15.8 Å². The topological polar surface area (TPSA) is 72.8 Å². The predicted octanol–water partition coefficient (Wildman–Crippen LogP) is 2.26. The van der Waals surface area contributed by atoms with E-state index in [-0.39, 0.29) is 11.3 Å². The summed E-state index contributed by atoms with van der Waals surface area (Å²) < 4.78 is 39.3. The summed E-state index contributed by atoms with van der Waals surface area (Å²) in [6.07, 6.45) is -0.0880. The molecule has 1 aromatic rings. The minimum atomic E-state index is -3.68. The molecule has 0 aliphatic carbocycles. The summed E-state index contributed by atoms with van der Waals surface area (Å²) in [5.74, 6) is -0.591. The van der Waals surface area contributed by atoms with Crippen molar-refractivity contribution in [3.63, 3.8) is 0 Å². The Morgan fingerprint density at radius 3 is 2.56 bits per heavy atom. The molecule has 0 aliphatic heterocycles. The van der Waals surface area contributed by atoms with Crippen LogP contribution in [0.1, 0.15) is 18.6 Å². The van der Waals surface area contributed by atoms with Crippen molar-refractivity contribution < 1.29 is 17.0 Å². The number of benzene rings is 1. The zero-order valence-corrected chi connectivity index (χ0v) is 9.49. The van der Waals surface area contributed by atoms with E-state index in [1.807, 2.05) is 0 Å². The van der Waals surface area contributed by atoms with Crippen molar-refractivity contribution in [3.05, 3.63) is 34.5 Å². The van der Waals surface area contributed by atoms with Crippen molar-refractivity contribution in [3.8, 4) is 0 Å². The van der Waals surface area contributed by atoms with Gasteiger partial charge in [0.15, 0.2) is 0 Å². The highest BCUT2D eigenvalue weighted by atomic mass is 32.2. The molecule has 1 aromatic carbocycles. The molecule has 1 unspecified atom stereocenters. The van der Waals surface area contributed by atoms with Crippen LogP contribution in [-0.4, -0.2) is 14.7 Å². The highest BCUT2D eigenvalue weighted by Gasteiger charge is 2.17. The van der Waals surface area contributed by atoms with Gasteiger partial charge < -0.3 is 0 Å². The lowest BCUT2D eigenvalue weighted by Gasteiger charge is -2.12. The van der Waals surface area contributed by atoms with Gasteiger partial charge in [0.2, 0.25) is 0 Å². The second-order valence-corrected chi connectivity index (χ2v) is 4.84. The first-order chi connectivity index (χ1) is 7.33. The van der Waals surface area contributed by atoms with E-state index in [9.17, 15) is 17.7 Å². The number of hydrogen-bond donors (Lipinski definition) is 0. The van der Waals surface area contributed by atoms with Gasteiger partial charge in [-0.05, 0) is 30.3 Å². The summed E-state index contributed by atoms with van der Waals surface area (Å²) in [7, 11) is -3.68. The molecule has 0 spiro atoms. The monoisotopic (exact) mass is 247 g/mol. The van der Waals surface area contributed by atoms with Gasteiger partial charge in [-0.1, -0.05) is 0 Å². The van der Waals surface area contributed by atoms with Crippen LogP contribution in [0.4, 0.5) is 10.1 Å². The maximum Gasteiger partial charge on any atom is 0.264 e.